The van der Waals surface area contributed by atoms with E-state index in [4.69, 9.17) is 0 Å². The van der Waals surface area contributed by atoms with Crippen LogP contribution >= 0.6 is 11.3 Å². The molecule has 0 atom stereocenters. The number of nitrogens with zero attached hydrogens (tertiary/aromatic N) is 1. The van der Waals surface area contributed by atoms with E-state index in [1.807, 2.05) is 19.1 Å². The summed E-state index contributed by atoms with van der Waals surface area (Å²) >= 11 is 1.55. The van der Waals surface area contributed by atoms with Crippen molar-refractivity contribution in [3.63, 3.8) is 0 Å². The lowest BCUT2D eigenvalue weighted by atomic mass is 10.2. The van der Waals surface area contributed by atoms with E-state index in [1.165, 1.54) is 5.32 Å². The van der Waals surface area contributed by atoms with Crippen molar-refractivity contribution in [2.45, 2.75) is 13.1 Å². The number of thiazole rings is 1. The summed E-state index contributed by atoms with van der Waals surface area (Å²) in [4.78, 5) is 26.9. The number of halogens is 3. The van der Waals surface area contributed by atoms with Gasteiger partial charge < -0.3 is 10.6 Å². The van der Waals surface area contributed by atoms with Crippen LogP contribution in [0.25, 0.3) is 20.8 Å². The number of benzene rings is 2. The Morgan fingerprint density at radius 1 is 1.11 bits per heavy atom. The molecule has 0 bridgehead atoms. The molecule has 0 radical (unpaired) electrons. The van der Waals surface area contributed by atoms with E-state index in [2.05, 4.69) is 16.4 Å². The molecule has 3 rings (SSSR count). The molecule has 1 aromatic heterocycles. The molecule has 140 valence electrons. The number of hydrogen-bond acceptors (Lipinski definition) is 4. The van der Waals surface area contributed by atoms with Gasteiger partial charge in [-0.25, -0.2) is 4.98 Å². The maximum absolute atomic E-state index is 12.1. The Morgan fingerprint density at radius 3 is 2.48 bits per heavy atom. The van der Waals surface area contributed by atoms with Gasteiger partial charge in [0, 0.05) is 11.3 Å². The fourth-order valence-corrected chi connectivity index (χ4v) is 3.39. The molecule has 0 fully saturated rings. The topological polar surface area (TPSA) is 71.1 Å². The van der Waals surface area contributed by atoms with Crippen LogP contribution in [0.3, 0.4) is 0 Å². The normalized spacial score (nSPS) is 11.4. The van der Waals surface area contributed by atoms with Crippen LogP contribution in [0.4, 0.5) is 18.9 Å². The van der Waals surface area contributed by atoms with Gasteiger partial charge in [-0.3, -0.25) is 9.59 Å². The molecule has 2 aromatic carbocycles. The molecule has 0 unspecified atom stereocenters. The highest BCUT2D eigenvalue weighted by Gasteiger charge is 2.38. The Bertz CT molecular complexity index is 997. The zero-order chi connectivity index (χ0) is 19.6. The minimum absolute atomic E-state index is 0.405. The van der Waals surface area contributed by atoms with Crippen LogP contribution in [-0.4, -0.2) is 29.5 Å². The molecule has 0 aliphatic rings. The smallest absolute Gasteiger partial charge is 0.339 e. The third-order valence-electron chi connectivity index (χ3n) is 3.63. The zero-order valence-electron chi connectivity index (χ0n) is 14.1. The van der Waals surface area contributed by atoms with Crippen molar-refractivity contribution in [3.8, 4) is 10.6 Å². The van der Waals surface area contributed by atoms with Crippen LogP contribution in [0.2, 0.25) is 0 Å². The van der Waals surface area contributed by atoms with Gasteiger partial charge in [-0.05, 0) is 48.9 Å². The number of hydrogen-bond donors (Lipinski definition) is 2. The maximum Gasteiger partial charge on any atom is 0.471 e. The van der Waals surface area contributed by atoms with Crippen molar-refractivity contribution in [1.82, 2.24) is 10.3 Å². The van der Waals surface area contributed by atoms with E-state index in [0.717, 1.165) is 26.4 Å². The number of alkyl halides is 3. The average Bonchev–Trinajstić information content (AvgIpc) is 3.02. The van der Waals surface area contributed by atoms with Gasteiger partial charge in [0.05, 0.1) is 16.8 Å². The van der Waals surface area contributed by atoms with E-state index in [-0.39, 0.29) is 0 Å². The maximum atomic E-state index is 12.1. The van der Waals surface area contributed by atoms with Crippen molar-refractivity contribution in [3.05, 3.63) is 48.0 Å². The monoisotopic (exact) mass is 393 g/mol. The van der Waals surface area contributed by atoms with Gasteiger partial charge in [0.1, 0.15) is 5.01 Å². The summed E-state index contributed by atoms with van der Waals surface area (Å²) in [5.74, 6) is -2.91. The molecule has 1 heterocycles. The predicted octanol–water partition coefficient (Wildman–Crippen LogP) is 3.89. The van der Waals surface area contributed by atoms with Gasteiger partial charge in [0.25, 0.3) is 0 Å². The first-order chi connectivity index (χ1) is 12.7. The number of nitrogens with one attached hydrogen (secondary N) is 2. The second-order valence-corrected chi connectivity index (χ2v) is 6.83. The summed E-state index contributed by atoms with van der Waals surface area (Å²) in [6.07, 6.45) is -5.02. The molecule has 3 aromatic rings. The number of anilines is 1. The molecular weight excluding hydrogens is 379 g/mol. The van der Waals surface area contributed by atoms with Crippen molar-refractivity contribution >= 4 is 39.1 Å². The molecule has 2 N–H and O–H groups in total. The number of carbonyl (C=O) groups is 2. The predicted molar refractivity (Wildman–Crippen MR) is 97.5 cm³/mol. The lowest BCUT2D eigenvalue weighted by Gasteiger charge is -2.08. The van der Waals surface area contributed by atoms with Gasteiger partial charge >= 0.3 is 12.1 Å². The minimum Gasteiger partial charge on any atom is -0.339 e. The highest BCUT2D eigenvalue weighted by atomic mass is 32.1. The number of fused-ring (bicyclic) bond motifs is 1. The summed E-state index contributed by atoms with van der Waals surface area (Å²) in [7, 11) is 0. The number of carbonyl (C=O) groups excluding carboxylic acids is 2. The number of aryl methyl sites for hydroxylation is 1. The molecule has 0 aliphatic carbocycles. The fourth-order valence-electron chi connectivity index (χ4n) is 2.32. The molecule has 9 heteroatoms. The van der Waals surface area contributed by atoms with E-state index in [9.17, 15) is 22.8 Å². The molecular formula is C18H14F3N3O2S. The first-order valence-corrected chi connectivity index (χ1v) is 8.66. The molecule has 27 heavy (non-hydrogen) atoms. The second kappa shape index (κ2) is 7.36. The molecule has 0 spiro atoms. The lowest BCUT2D eigenvalue weighted by molar-refractivity contribution is -0.173. The van der Waals surface area contributed by atoms with Crippen LogP contribution < -0.4 is 10.6 Å². The van der Waals surface area contributed by atoms with Gasteiger partial charge in [-0.1, -0.05) is 6.07 Å². The Hall–Kier alpha value is -2.94. The van der Waals surface area contributed by atoms with Crippen molar-refractivity contribution in [2.24, 2.45) is 0 Å². The van der Waals surface area contributed by atoms with Crippen LogP contribution in [0.15, 0.2) is 42.5 Å². The van der Waals surface area contributed by atoms with Gasteiger partial charge in [0.15, 0.2) is 0 Å². The summed E-state index contributed by atoms with van der Waals surface area (Å²) in [6.45, 7) is 1.24. The summed E-state index contributed by atoms with van der Waals surface area (Å²) in [5, 5.41) is 4.76. The Labute approximate surface area is 156 Å². The lowest BCUT2D eigenvalue weighted by Crippen LogP contribution is -2.41. The third-order valence-corrected chi connectivity index (χ3v) is 4.69. The van der Waals surface area contributed by atoms with E-state index in [1.54, 1.807) is 35.6 Å². The second-order valence-electron chi connectivity index (χ2n) is 5.80. The quantitative estimate of drug-likeness (QED) is 0.707. The van der Waals surface area contributed by atoms with Gasteiger partial charge in [0.2, 0.25) is 5.91 Å². The molecule has 0 saturated carbocycles. The van der Waals surface area contributed by atoms with Crippen LogP contribution in [0, 0.1) is 6.92 Å². The molecule has 0 aliphatic heterocycles. The van der Waals surface area contributed by atoms with Crippen LogP contribution in [-0.2, 0) is 9.59 Å². The zero-order valence-corrected chi connectivity index (χ0v) is 14.9. The number of aromatic nitrogens is 1. The minimum atomic E-state index is -5.02. The van der Waals surface area contributed by atoms with E-state index >= 15 is 0 Å². The van der Waals surface area contributed by atoms with Gasteiger partial charge in [-0.2, -0.15) is 13.2 Å². The molecule has 5 nitrogen and oxygen atoms in total. The van der Waals surface area contributed by atoms with Crippen LogP contribution in [0.1, 0.15) is 5.56 Å². The number of rotatable bonds is 4. The highest BCUT2D eigenvalue weighted by molar-refractivity contribution is 7.21. The number of amides is 2. The fraction of sp³-hybridized carbons (Fsp3) is 0.167. The molecule has 2 amide bonds. The largest absolute Gasteiger partial charge is 0.471 e. The average molecular weight is 393 g/mol. The Morgan fingerprint density at radius 2 is 1.81 bits per heavy atom. The van der Waals surface area contributed by atoms with E-state index in [0.29, 0.717) is 5.69 Å². The molecule has 0 saturated heterocycles. The Kier molecular flexibility index (Phi) is 5.13. The Balaban J connectivity index is 1.64. The summed E-state index contributed by atoms with van der Waals surface area (Å²) in [5.41, 5.74) is 3.31. The standard InChI is InChI=1S/C18H14F3N3O2S/c1-10-2-7-13-14(8-10)27-16(24-13)11-3-5-12(6-4-11)23-15(25)9-22-17(26)18(19,20)21/h2-8H,9H2,1H3,(H,22,26)(H,23,25). The van der Waals surface area contributed by atoms with Crippen molar-refractivity contribution < 1.29 is 22.8 Å². The van der Waals surface area contributed by atoms with Crippen LogP contribution in [0.5, 0.6) is 0 Å². The third kappa shape index (κ3) is 4.62. The highest BCUT2D eigenvalue weighted by Crippen LogP contribution is 2.31. The summed E-state index contributed by atoms with van der Waals surface area (Å²) < 4.78 is 37.3. The van der Waals surface area contributed by atoms with Crippen molar-refractivity contribution in [2.75, 3.05) is 11.9 Å². The summed E-state index contributed by atoms with van der Waals surface area (Å²) in [6, 6.07) is 12.8. The first kappa shape index (κ1) is 18.8. The van der Waals surface area contributed by atoms with Crippen molar-refractivity contribution in [1.29, 1.82) is 0 Å². The van der Waals surface area contributed by atoms with E-state index < -0.39 is 24.5 Å². The SMILES string of the molecule is Cc1ccc2nc(-c3ccc(NC(=O)CNC(=O)C(F)(F)F)cc3)sc2c1. The van der Waals surface area contributed by atoms with Gasteiger partial charge in [-0.15, -0.1) is 11.3 Å². The first-order valence-electron chi connectivity index (χ1n) is 7.85.